The van der Waals surface area contributed by atoms with Crippen molar-refractivity contribution in [3.05, 3.63) is 72.8 Å². The molecule has 3 rings (SSSR count). The molecule has 6 nitrogen and oxygen atoms in total. The molecule has 0 radical (unpaired) electrons. The van der Waals surface area contributed by atoms with E-state index in [0.717, 1.165) is 5.56 Å². The molecule has 1 N–H and O–H groups in total. The van der Waals surface area contributed by atoms with Gasteiger partial charge in [0.05, 0.1) is 0 Å². The third-order valence-corrected chi connectivity index (χ3v) is 4.72. The number of hydrogen-bond donors (Lipinski definition) is 1. The van der Waals surface area contributed by atoms with Crippen molar-refractivity contribution in [1.82, 2.24) is 0 Å². The van der Waals surface area contributed by atoms with Gasteiger partial charge in [0.1, 0.15) is 16.4 Å². The molecule has 0 unspecified atom stereocenters. The van der Waals surface area contributed by atoms with E-state index in [-0.39, 0.29) is 11.5 Å². The second-order valence-corrected chi connectivity index (χ2v) is 7.01. The maximum absolute atomic E-state index is 12.0. The Labute approximate surface area is 156 Å². The largest absolute Gasteiger partial charge is 0.481 e. The van der Waals surface area contributed by atoms with Crippen LogP contribution in [-0.2, 0) is 14.9 Å². The van der Waals surface area contributed by atoms with E-state index < -0.39 is 16.1 Å². The second-order valence-electron chi connectivity index (χ2n) is 5.62. The topological polar surface area (TPSA) is 89.9 Å². The van der Waals surface area contributed by atoms with Crippen LogP contribution in [0.15, 0.2) is 72.1 Å². The third-order valence-electron chi connectivity index (χ3n) is 3.81. The zero-order valence-corrected chi connectivity index (χ0v) is 15.0. The fourth-order valence-corrected chi connectivity index (χ4v) is 3.28. The predicted molar refractivity (Wildman–Crippen MR) is 101 cm³/mol. The van der Waals surface area contributed by atoms with Gasteiger partial charge in [0.15, 0.2) is 6.61 Å². The molecule has 138 valence electrons. The highest BCUT2D eigenvalue weighted by Gasteiger charge is 2.16. The molecule has 0 aliphatic heterocycles. The molecule has 0 fully saturated rings. The Hall–Kier alpha value is -3.16. The Morgan fingerprint density at radius 3 is 2.33 bits per heavy atom. The molecule has 7 heteroatoms. The number of ether oxygens (including phenoxy) is 2. The van der Waals surface area contributed by atoms with Crippen molar-refractivity contribution in [2.24, 2.45) is 0 Å². The number of rotatable bonds is 6. The number of carbonyl (C=O) groups is 1. The van der Waals surface area contributed by atoms with Gasteiger partial charge in [-0.05, 0) is 29.8 Å². The average molecular weight is 384 g/mol. The molecule has 0 bridgehead atoms. The lowest BCUT2D eigenvalue weighted by Crippen LogP contribution is -2.17. The van der Waals surface area contributed by atoms with Crippen molar-refractivity contribution in [1.29, 1.82) is 0 Å². The summed E-state index contributed by atoms with van der Waals surface area (Å²) < 4.78 is 43.1. The average Bonchev–Trinajstić information content (AvgIpc) is 2.65. The normalized spacial score (nSPS) is 11.1. The molecular weight excluding hydrogens is 368 g/mol. The SMILES string of the molecule is C=Cc1ccc(OC(=O)COc2cccc3c(S(=O)(=O)O)cccc23)cc1. The predicted octanol–water partition coefficient (Wildman–Crippen LogP) is 3.71. The van der Waals surface area contributed by atoms with Gasteiger partial charge in [-0.3, -0.25) is 4.55 Å². The number of benzene rings is 3. The molecule has 3 aromatic rings. The minimum Gasteiger partial charge on any atom is -0.481 e. The summed E-state index contributed by atoms with van der Waals surface area (Å²) in [5.41, 5.74) is 0.899. The summed E-state index contributed by atoms with van der Waals surface area (Å²) in [7, 11) is -4.38. The smallest absolute Gasteiger partial charge is 0.349 e. The Balaban J connectivity index is 1.76. The van der Waals surface area contributed by atoms with Crippen LogP contribution in [0.3, 0.4) is 0 Å². The molecule has 3 aromatic carbocycles. The van der Waals surface area contributed by atoms with Gasteiger partial charge in [0.25, 0.3) is 10.1 Å². The van der Waals surface area contributed by atoms with Crippen molar-refractivity contribution in [2.45, 2.75) is 4.90 Å². The molecule has 0 spiro atoms. The highest BCUT2D eigenvalue weighted by molar-refractivity contribution is 7.86. The molecule has 0 saturated heterocycles. The lowest BCUT2D eigenvalue weighted by molar-refractivity contribution is -0.136. The third kappa shape index (κ3) is 4.33. The summed E-state index contributed by atoms with van der Waals surface area (Å²) in [5.74, 6) is 0.0713. The van der Waals surface area contributed by atoms with Crippen molar-refractivity contribution in [3.63, 3.8) is 0 Å². The molecule has 0 aromatic heterocycles. The Bertz CT molecular complexity index is 1100. The van der Waals surface area contributed by atoms with Crippen LogP contribution in [0.2, 0.25) is 0 Å². The van der Waals surface area contributed by atoms with Crippen LogP contribution in [0.4, 0.5) is 0 Å². The van der Waals surface area contributed by atoms with Crippen molar-refractivity contribution in [3.8, 4) is 11.5 Å². The van der Waals surface area contributed by atoms with Gasteiger partial charge in [-0.25, -0.2) is 4.79 Å². The van der Waals surface area contributed by atoms with Gasteiger partial charge in [-0.15, -0.1) is 0 Å². The Kier molecular flexibility index (Phi) is 5.25. The summed E-state index contributed by atoms with van der Waals surface area (Å²) >= 11 is 0. The minimum absolute atomic E-state index is 0.227. The number of fused-ring (bicyclic) bond motifs is 1. The van der Waals surface area contributed by atoms with Crippen molar-refractivity contribution >= 4 is 32.9 Å². The summed E-state index contributed by atoms with van der Waals surface area (Å²) in [4.78, 5) is 11.8. The highest BCUT2D eigenvalue weighted by atomic mass is 32.2. The molecule has 0 amide bonds. The van der Waals surface area contributed by atoms with E-state index in [9.17, 15) is 17.8 Å². The quantitative estimate of drug-likeness (QED) is 0.396. The van der Waals surface area contributed by atoms with Gasteiger partial charge >= 0.3 is 5.97 Å². The zero-order chi connectivity index (χ0) is 19.4. The standard InChI is InChI=1S/C20H16O6S/c1-2-14-9-11-15(12-10-14)26-20(21)13-25-18-7-3-6-17-16(18)5-4-8-19(17)27(22,23)24/h2-12H,1,13H2,(H,22,23,24). The van der Waals surface area contributed by atoms with Gasteiger partial charge in [0.2, 0.25) is 0 Å². The number of carbonyl (C=O) groups excluding carboxylic acids is 1. The van der Waals surface area contributed by atoms with Crippen LogP contribution in [0.5, 0.6) is 11.5 Å². The summed E-state index contributed by atoms with van der Waals surface area (Å²) in [6.07, 6.45) is 1.68. The molecular formula is C20H16O6S. The van der Waals surface area contributed by atoms with Crippen LogP contribution in [0, 0.1) is 0 Å². The summed E-state index contributed by atoms with van der Waals surface area (Å²) in [6, 6.07) is 15.9. The lowest BCUT2D eigenvalue weighted by Gasteiger charge is -2.11. The molecule has 0 aliphatic rings. The van der Waals surface area contributed by atoms with E-state index in [1.807, 2.05) is 0 Å². The second kappa shape index (κ2) is 7.61. The minimum atomic E-state index is -4.38. The summed E-state index contributed by atoms with van der Waals surface area (Å²) in [5, 5.41) is 0.752. The van der Waals surface area contributed by atoms with E-state index in [1.54, 1.807) is 54.6 Å². The van der Waals surface area contributed by atoms with E-state index in [2.05, 4.69) is 6.58 Å². The summed E-state index contributed by atoms with van der Waals surface area (Å²) in [6.45, 7) is 3.29. The Morgan fingerprint density at radius 2 is 1.67 bits per heavy atom. The molecule has 0 heterocycles. The van der Waals surface area contributed by atoms with Crippen molar-refractivity contribution < 1.29 is 27.2 Å². The van der Waals surface area contributed by atoms with E-state index in [0.29, 0.717) is 22.3 Å². The number of hydrogen-bond acceptors (Lipinski definition) is 5. The molecule has 0 atom stereocenters. The maximum Gasteiger partial charge on any atom is 0.349 e. The first-order valence-corrected chi connectivity index (χ1v) is 9.38. The molecule has 0 aliphatic carbocycles. The first-order chi connectivity index (χ1) is 12.9. The molecule has 27 heavy (non-hydrogen) atoms. The van der Waals surface area contributed by atoms with Crippen LogP contribution in [-0.4, -0.2) is 25.5 Å². The fraction of sp³-hybridized carbons (Fsp3) is 0.0500. The van der Waals surface area contributed by atoms with Gasteiger partial charge in [-0.2, -0.15) is 8.42 Å². The van der Waals surface area contributed by atoms with E-state index >= 15 is 0 Å². The van der Waals surface area contributed by atoms with E-state index in [1.165, 1.54) is 12.1 Å². The van der Waals surface area contributed by atoms with Gasteiger partial charge in [0, 0.05) is 10.8 Å². The van der Waals surface area contributed by atoms with E-state index in [4.69, 9.17) is 9.47 Å². The molecule has 0 saturated carbocycles. The Morgan fingerprint density at radius 1 is 1.00 bits per heavy atom. The zero-order valence-electron chi connectivity index (χ0n) is 14.2. The van der Waals surface area contributed by atoms with Crippen LogP contribution in [0.25, 0.3) is 16.8 Å². The van der Waals surface area contributed by atoms with Crippen LogP contribution in [0.1, 0.15) is 5.56 Å². The monoisotopic (exact) mass is 384 g/mol. The highest BCUT2D eigenvalue weighted by Crippen LogP contribution is 2.30. The van der Waals surface area contributed by atoms with Gasteiger partial charge < -0.3 is 9.47 Å². The van der Waals surface area contributed by atoms with Gasteiger partial charge in [-0.1, -0.05) is 49.1 Å². The lowest BCUT2D eigenvalue weighted by atomic mass is 10.1. The first kappa shape index (κ1) is 18.6. The first-order valence-electron chi connectivity index (χ1n) is 7.94. The van der Waals surface area contributed by atoms with Crippen LogP contribution < -0.4 is 9.47 Å². The van der Waals surface area contributed by atoms with Crippen LogP contribution >= 0.6 is 0 Å². The maximum atomic E-state index is 12.0. The fourth-order valence-electron chi connectivity index (χ4n) is 2.57. The number of esters is 1. The van der Waals surface area contributed by atoms with Crippen molar-refractivity contribution in [2.75, 3.05) is 6.61 Å².